The Hall–Kier alpha value is -2.56. The number of carbonyl (C=O) groups excluding carboxylic acids is 1. The van der Waals surface area contributed by atoms with Crippen LogP contribution in [0.2, 0.25) is 0 Å². The highest BCUT2D eigenvalue weighted by molar-refractivity contribution is 7.84. The lowest BCUT2D eigenvalue weighted by Crippen LogP contribution is -2.38. The quantitative estimate of drug-likeness (QED) is 0.551. The molecule has 3 heterocycles. The Bertz CT molecular complexity index is 1130. The smallest absolute Gasteiger partial charge is 0.410 e. The molecule has 1 fully saturated rings. The minimum Gasteiger partial charge on any atom is -0.444 e. The highest BCUT2D eigenvalue weighted by atomic mass is 32.2. The molecule has 0 spiro atoms. The Balaban J connectivity index is 1.63. The molecule has 0 saturated carbocycles. The maximum absolute atomic E-state index is 12.7. The fourth-order valence-corrected chi connectivity index (χ4v) is 4.77. The van der Waals surface area contributed by atoms with Gasteiger partial charge in [-0.05, 0) is 70.7 Å². The SMILES string of the molecule is Cc1cc(C2OCCCO2)cc(C)c1Oc1nc(S(C)=O)nc2c1CCN(C(=O)OC(C)(C)C)CC2. The van der Waals surface area contributed by atoms with Gasteiger partial charge in [0.15, 0.2) is 6.29 Å². The van der Waals surface area contributed by atoms with Gasteiger partial charge in [0, 0.05) is 36.9 Å². The van der Waals surface area contributed by atoms with E-state index in [4.69, 9.17) is 18.9 Å². The van der Waals surface area contributed by atoms with Gasteiger partial charge in [0.05, 0.1) is 29.7 Å². The van der Waals surface area contributed by atoms with Crippen LogP contribution < -0.4 is 4.74 Å². The molecular formula is C26H35N3O6S. The normalized spacial score (nSPS) is 17.8. The standard InChI is InChI=1S/C26H35N3O6S/c1-16-14-18(23-32-12-7-13-33-23)15-17(2)21(16)34-22-19-8-10-29(25(30)35-26(3,4)5)11-9-20(19)27-24(28-22)36(6)31/h14-15,23H,7-13H2,1-6H3. The molecule has 0 N–H and O–H groups in total. The summed E-state index contributed by atoms with van der Waals surface area (Å²) < 4.78 is 35.8. The molecule has 10 heteroatoms. The van der Waals surface area contributed by atoms with Crippen LogP contribution >= 0.6 is 0 Å². The summed E-state index contributed by atoms with van der Waals surface area (Å²) in [6.45, 7) is 11.7. The van der Waals surface area contributed by atoms with Crippen molar-refractivity contribution in [3.05, 3.63) is 40.1 Å². The van der Waals surface area contributed by atoms with Crippen LogP contribution in [-0.2, 0) is 37.9 Å². The van der Waals surface area contributed by atoms with Crippen molar-refractivity contribution >= 4 is 16.9 Å². The maximum atomic E-state index is 12.7. The minimum absolute atomic E-state index is 0.213. The zero-order valence-electron chi connectivity index (χ0n) is 21.9. The number of benzene rings is 1. The summed E-state index contributed by atoms with van der Waals surface area (Å²) in [5.74, 6) is 1.05. The van der Waals surface area contributed by atoms with Gasteiger partial charge in [0.2, 0.25) is 11.0 Å². The molecule has 4 rings (SSSR count). The number of aryl methyl sites for hydroxylation is 2. The van der Waals surface area contributed by atoms with Gasteiger partial charge in [-0.2, -0.15) is 4.98 Å². The van der Waals surface area contributed by atoms with E-state index in [2.05, 4.69) is 9.97 Å². The average Bonchev–Trinajstić information content (AvgIpc) is 3.03. The highest BCUT2D eigenvalue weighted by Crippen LogP contribution is 2.35. The van der Waals surface area contributed by atoms with Gasteiger partial charge in [0.25, 0.3) is 0 Å². The van der Waals surface area contributed by atoms with Crippen molar-refractivity contribution in [2.24, 2.45) is 0 Å². The molecular weight excluding hydrogens is 482 g/mol. The van der Waals surface area contributed by atoms with E-state index < -0.39 is 16.4 Å². The van der Waals surface area contributed by atoms with Crippen molar-refractivity contribution in [3.63, 3.8) is 0 Å². The molecule has 1 aromatic carbocycles. The number of hydrogen-bond acceptors (Lipinski definition) is 8. The third-order valence-electron chi connectivity index (χ3n) is 5.97. The summed E-state index contributed by atoms with van der Waals surface area (Å²) in [6, 6.07) is 4.00. The van der Waals surface area contributed by atoms with Crippen LogP contribution in [0.25, 0.3) is 0 Å². The van der Waals surface area contributed by atoms with E-state index in [0.717, 1.165) is 34.4 Å². The zero-order chi connectivity index (χ0) is 26.0. The second kappa shape index (κ2) is 10.8. The lowest BCUT2D eigenvalue weighted by Gasteiger charge is -2.26. The molecule has 0 radical (unpaired) electrons. The molecule has 1 saturated heterocycles. The van der Waals surface area contributed by atoms with Crippen molar-refractivity contribution in [2.45, 2.75) is 70.9 Å². The van der Waals surface area contributed by atoms with Gasteiger partial charge in [-0.1, -0.05) is 0 Å². The molecule has 2 aromatic rings. The maximum Gasteiger partial charge on any atom is 0.410 e. The molecule has 196 valence electrons. The van der Waals surface area contributed by atoms with Crippen LogP contribution in [0.15, 0.2) is 17.3 Å². The Morgan fingerprint density at radius 1 is 1.08 bits per heavy atom. The lowest BCUT2D eigenvalue weighted by atomic mass is 10.0. The molecule has 2 aliphatic rings. The number of nitrogens with zero attached hydrogens (tertiary/aromatic N) is 3. The van der Waals surface area contributed by atoms with Crippen LogP contribution in [-0.4, -0.2) is 63.3 Å². The Morgan fingerprint density at radius 2 is 1.72 bits per heavy atom. The van der Waals surface area contributed by atoms with Gasteiger partial charge in [-0.15, -0.1) is 0 Å². The molecule has 0 bridgehead atoms. The van der Waals surface area contributed by atoms with Crippen LogP contribution in [0.4, 0.5) is 4.79 Å². The van der Waals surface area contributed by atoms with Crippen molar-refractivity contribution in [1.29, 1.82) is 0 Å². The number of aromatic nitrogens is 2. The highest BCUT2D eigenvalue weighted by Gasteiger charge is 2.28. The largest absolute Gasteiger partial charge is 0.444 e. The predicted molar refractivity (Wildman–Crippen MR) is 135 cm³/mol. The predicted octanol–water partition coefficient (Wildman–Crippen LogP) is 4.39. The lowest BCUT2D eigenvalue weighted by molar-refractivity contribution is -0.183. The van der Waals surface area contributed by atoms with Gasteiger partial charge in [0.1, 0.15) is 11.4 Å². The van der Waals surface area contributed by atoms with E-state index in [-0.39, 0.29) is 17.5 Å². The molecule has 0 aliphatic carbocycles. The molecule has 1 atom stereocenters. The van der Waals surface area contributed by atoms with Crippen molar-refractivity contribution < 1.29 is 28.0 Å². The third-order valence-corrected chi connectivity index (χ3v) is 6.67. The number of rotatable bonds is 4. The number of carbonyl (C=O) groups is 1. The fraction of sp³-hybridized carbons (Fsp3) is 0.577. The summed E-state index contributed by atoms with van der Waals surface area (Å²) >= 11 is 0. The van der Waals surface area contributed by atoms with Crippen molar-refractivity contribution in [1.82, 2.24) is 14.9 Å². The Labute approximate surface area is 215 Å². The second-order valence-corrected chi connectivity index (χ2v) is 11.4. The minimum atomic E-state index is -1.39. The van der Waals surface area contributed by atoms with Gasteiger partial charge in [-0.3, -0.25) is 4.21 Å². The first-order valence-corrected chi connectivity index (χ1v) is 13.8. The summed E-state index contributed by atoms with van der Waals surface area (Å²) in [4.78, 5) is 23.5. The molecule has 9 nitrogen and oxygen atoms in total. The molecule has 1 aromatic heterocycles. The summed E-state index contributed by atoms with van der Waals surface area (Å²) in [5, 5.41) is 0.213. The van der Waals surface area contributed by atoms with E-state index >= 15 is 0 Å². The van der Waals surface area contributed by atoms with Crippen LogP contribution in [0, 0.1) is 13.8 Å². The van der Waals surface area contributed by atoms with Crippen LogP contribution in [0.1, 0.15) is 61.4 Å². The zero-order valence-corrected chi connectivity index (χ0v) is 22.7. The van der Waals surface area contributed by atoms with Gasteiger partial charge in [-0.25, -0.2) is 9.78 Å². The van der Waals surface area contributed by atoms with E-state index in [9.17, 15) is 9.00 Å². The van der Waals surface area contributed by atoms with Crippen LogP contribution in [0.5, 0.6) is 11.6 Å². The molecule has 1 unspecified atom stereocenters. The first-order chi connectivity index (χ1) is 17.0. The topological polar surface area (TPSA) is 100 Å². The van der Waals surface area contributed by atoms with Crippen molar-refractivity contribution in [2.75, 3.05) is 32.6 Å². The van der Waals surface area contributed by atoms with E-state index in [1.54, 1.807) is 11.2 Å². The molecule has 1 amide bonds. The monoisotopic (exact) mass is 517 g/mol. The van der Waals surface area contributed by atoms with E-state index in [0.29, 0.717) is 50.8 Å². The first kappa shape index (κ1) is 26.5. The Morgan fingerprint density at radius 3 is 2.33 bits per heavy atom. The number of amides is 1. The van der Waals surface area contributed by atoms with Crippen molar-refractivity contribution in [3.8, 4) is 11.6 Å². The van der Waals surface area contributed by atoms with E-state index in [1.807, 2.05) is 46.8 Å². The summed E-state index contributed by atoms with van der Waals surface area (Å²) in [5.41, 5.74) is 3.76. The second-order valence-electron chi connectivity index (χ2n) is 10.2. The summed E-state index contributed by atoms with van der Waals surface area (Å²) in [6.07, 6.45) is 2.68. The van der Waals surface area contributed by atoms with Gasteiger partial charge >= 0.3 is 6.09 Å². The third kappa shape index (κ3) is 6.22. The molecule has 36 heavy (non-hydrogen) atoms. The van der Waals surface area contributed by atoms with E-state index in [1.165, 1.54) is 0 Å². The number of fused-ring (bicyclic) bond motifs is 1. The molecule has 2 aliphatic heterocycles. The number of hydrogen-bond donors (Lipinski definition) is 0. The first-order valence-electron chi connectivity index (χ1n) is 12.2. The fourth-order valence-electron chi connectivity index (χ4n) is 4.32. The summed E-state index contributed by atoms with van der Waals surface area (Å²) in [7, 11) is -1.39. The average molecular weight is 518 g/mol. The van der Waals surface area contributed by atoms with Crippen LogP contribution in [0.3, 0.4) is 0 Å². The van der Waals surface area contributed by atoms with Gasteiger partial charge < -0.3 is 23.8 Å². The Kier molecular flexibility index (Phi) is 7.96. The number of ether oxygens (including phenoxy) is 4.